The highest BCUT2D eigenvalue weighted by Crippen LogP contribution is 2.28. The van der Waals surface area contributed by atoms with Crippen molar-refractivity contribution in [3.05, 3.63) is 47.9 Å². The molecule has 0 saturated carbocycles. The van der Waals surface area contributed by atoms with Crippen LogP contribution in [-0.2, 0) is 4.79 Å². The van der Waals surface area contributed by atoms with Crippen molar-refractivity contribution in [1.29, 1.82) is 0 Å². The van der Waals surface area contributed by atoms with Crippen molar-refractivity contribution < 1.29 is 18.7 Å². The van der Waals surface area contributed by atoms with Crippen LogP contribution in [0.25, 0.3) is 0 Å². The van der Waals surface area contributed by atoms with Crippen LogP contribution in [0.4, 0.5) is 10.2 Å². The largest absolute Gasteiger partial charge is 0.489 e. The lowest BCUT2D eigenvalue weighted by atomic mass is 9.96. The highest BCUT2D eigenvalue weighted by Gasteiger charge is 2.27. The van der Waals surface area contributed by atoms with Gasteiger partial charge in [0.05, 0.1) is 18.8 Å². The summed E-state index contributed by atoms with van der Waals surface area (Å²) in [5.41, 5.74) is 1.12. The summed E-state index contributed by atoms with van der Waals surface area (Å²) >= 11 is 0. The van der Waals surface area contributed by atoms with Crippen LogP contribution in [0.3, 0.4) is 0 Å². The number of Topliss-reactive ketones (excluding diaryl/α,β-unsaturated/α-hetero) is 1. The Morgan fingerprint density at radius 3 is 2.59 bits per heavy atom. The number of rotatable bonds is 8. The molecule has 1 aliphatic rings. The summed E-state index contributed by atoms with van der Waals surface area (Å²) in [6.45, 7) is 8.71. The Labute approximate surface area is 171 Å². The summed E-state index contributed by atoms with van der Waals surface area (Å²) in [4.78, 5) is 17.5. The lowest BCUT2D eigenvalue weighted by Gasteiger charge is -2.19. The fraction of sp³-hybridized carbons (Fsp3) is 0.478. The first-order valence-electron chi connectivity index (χ1n) is 10.1. The van der Waals surface area contributed by atoms with Gasteiger partial charge in [-0.05, 0) is 44.4 Å². The van der Waals surface area contributed by atoms with E-state index in [1.165, 1.54) is 6.07 Å². The molecule has 5 nitrogen and oxygen atoms in total. The molecule has 0 aliphatic carbocycles. The summed E-state index contributed by atoms with van der Waals surface area (Å²) in [5.74, 6) is 1.55. The molecule has 0 amide bonds. The normalized spacial score (nSPS) is 17.4. The fourth-order valence-electron chi connectivity index (χ4n) is 3.62. The SMILES string of the molecule is CC(=O)C[C@@H](C)c1ccc(OC2CCN(c3ncc(OC(C)C)cc3F)C2)cc1. The lowest BCUT2D eigenvalue weighted by molar-refractivity contribution is -0.117. The molecule has 2 atom stereocenters. The van der Waals surface area contributed by atoms with Crippen LogP contribution >= 0.6 is 0 Å². The van der Waals surface area contributed by atoms with Crippen molar-refractivity contribution in [1.82, 2.24) is 4.98 Å². The zero-order valence-corrected chi connectivity index (χ0v) is 17.5. The van der Waals surface area contributed by atoms with Crippen molar-refractivity contribution in [2.75, 3.05) is 18.0 Å². The van der Waals surface area contributed by atoms with E-state index in [0.717, 1.165) is 17.7 Å². The van der Waals surface area contributed by atoms with E-state index in [0.29, 0.717) is 31.1 Å². The lowest BCUT2D eigenvalue weighted by Crippen LogP contribution is -2.26. The molecular weight excluding hydrogens is 371 g/mol. The number of aromatic nitrogens is 1. The van der Waals surface area contributed by atoms with Gasteiger partial charge in [0.2, 0.25) is 0 Å². The van der Waals surface area contributed by atoms with Crippen molar-refractivity contribution >= 4 is 11.6 Å². The Hall–Kier alpha value is -2.63. The van der Waals surface area contributed by atoms with Crippen molar-refractivity contribution in [3.8, 4) is 11.5 Å². The van der Waals surface area contributed by atoms with E-state index in [9.17, 15) is 9.18 Å². The Morgan fingerprint density at radius 1 is 1.24 bits per heavy atom. The standard InChI is InChI=1S/C23H29FN2O3/c1-15(2)28-21-12-22(24)23(25-13-21)26-10-9-20(14-26)29-19-7-5-18(6-8-19)16(3)11-17(4)27/h5-8,12-13,15-16,20H,9-11,14H2,1-4H3/t16-,20?/m1/s1. The minimum atomic E-state index is -0.382. The van der Waals surface area contributed by atoms with Gasteiger partial charge in [0.25, 0.3) is 0 Å². The van der Waals surface area contributed by atoms with Gasteiger partial charge in [-0.3, -0.25) is 0 Å². The number of halogens is 1. The Morgan fingerprint density at radius 2 is 1.97 bits per heavy atom. The first kappa shape index (κ1) is 21.1. The Bertz CT molecular complexity index is 839. The zero-order valence-electron chi connectivity index (χ0n) is 17.5. The minimum absolute atomic E-state index is 0.0246. The average Bonchev–Trinajstić information content (AvgIpc) is 3.09. The molecule has 3 rings (SSSR count). The second-order valence-electron chi connectivity index (χ2n) is 7.99. The number of carbonyl (C=O) groups is 1. The van der Waals surface area contributed by atoms with Gasteiger partial charge in [0, 0.05) is 25.5 Å². The summed E-state index contributed by atoms with van der Waals surface area (Å²) in [5, 5.41) is 0. The van der Waals surface area contributed by atoms with Crippen LogP contribution in [-0.4, -0.2) is 36.1 Å². The van der Waals surface area contributed by atoms with Crippen LogP contribution in [0.1, 0.15) is 52.0 Å². The monoisotopic (exact) mass is 400 g/mol. The van der Waals surface area contributed by atoms with Gasteiger partial charge < -0.3 is 19.2 Å². The van der Waals surface area contributed by atoms with Crippen molar-refractivity contribution in [3.63, 3.8) is 0 Å². The van der Waals surface area contributed by atoms with Gasteiger partial charge in [-0.2, -0.15) is 0 Å². The molecule has 2 aromatic rings. The first-order valence-corrected chi connectivity index (χ1v) is 10.1. The van der Waals surface area contributed by atoms with Gasteiger partial charge in [0.1, 0.15) is 23.4 Å². The molecule has 1 unspecified atom stereocenters. The third-order valence-electron chi connectivity index (χ3n) is 4.96. The average molecular weight is 400 g/mol. The third-order valence-corrected chi connectivity index (χ3v) is 4.96. The topological polar surface area (TPSA) is 51.7 Å². The molecule has 29 heavy (non-hydrogen) atoms. The molecule has 0 radical (unpaired) electrons. The quantitative estimate of drug-likeness (QED) is 0.640. The van der Waals surface area contributed by atoms with Crippen LogP contribution < -0.4 is 14.4 Å². The molecule has 1 aliphatic heterocycles. The number of carbonyl (C=O) groups excluding carboxylic acids is 1. The van der Waals surface area contributed by atoms with Crippen LogP contribution in [0, 0.1) is 5.82 Å². The molecule has 2 heterocycles. The molecule has 1 aromatic heterocycles. The molecule has 6 heteroatoms. The van der Waals surface area contributed by atoms with E-state index in [1.807, 2.05) is 49.9 Å². The molecular formula is C23H29FN2O3. The second-order valence-corrected chi connectivity index (χ2v) is 7.99. The predicted molar refractivity (Wildman–Crippen MR) is 111 cm³/mol. The van der Waals surface area contributed by atoms with Gasteiger partial charge in [-0.25, -0.2) is 9.37 Å². The maximum Gasteiger partial charge on any atom is 0.169 e. The van der Waals surface area contributed by atoms with Crippen LogP contribution in [0.2, 0.25) is 0 Å². The van der Waals surface area contributed by atoms with Crippen molar-refractivity contribution in [2.45, 2.75) is 58.7 Å². The third kappa shape index (κ3) is 5.68. The molecule has 1 fully saturated rings. The van der Waals surface area contributed by atoms with Gasteiger partial charge >= 0.3 is 0 Å². The number of ketones is 1. The fourth-order valence-corrected chi connectivity index (χ4v) is 3.62. The molecule has 1 aromatic carbocycles. The van der Waals surface area contributed by atoms with E-state index in [-0.39, 0.29) is 29.7 Å². The number of hydrogen-bond donors (Lipinski definition) is 0. The van der Waals surface area contributed by atoms with E-state index >= 15 is 0 Å². The Kier molecular flexibility index (Phi) is 6.72. The summed E-state index contributed by atoms with van der Waals surface area (Å²) < 4.78 is 26.0. The molecule has 156 valence electrons. The zero-order chi connectivity index (χ0) is 21.0. The molecule has 0 bridgehead atoms. The first-order chi connectivity index (χ1) is 13.8. The van der Waals surface area contributed by atoms with Crippen LogP contribution in [0.5, 0.6) is 11.5 Å². The number of pyridine rings is 1. The highest BCUT2D eigenvalue weighted by molar-refractivity contribution is 5.76. The summed E-state index contributed by atoms with van der Waals surface area (Å²) in [6, 6.07) is 9.27. The Balaban J connectivity index is 1.58. The van der Waals surface area contributed by atoms with Gasteiger partial charge in [-0.1, -0.05) is 19.1 Å². The number of ether oxygens (including phenoxy) is 2. The molecule has 1 saturated heterocycles. The maximum atomic E-state index is 14.5. The van der Waals surface area contributed by atoms with E-state index in [2.05, 4.69) is 4.98 Å². The van der Waals surface area contributed by atoms with E-state index < -0.39 is 0 Å². The smallest absolute Gasteiger partial charge is 0.169 e. The summed E-state index contributed by atoms with van der Waals surface area (Å²) in [6.07, 6.45) is 2.85. The highest BCUT2D eigenvalue weighted by atomic mass is 19.1. The molecule has 0 spiro atoms. The van der Waals surface area contributed by atoms with Gasteiger partial charge in [-0.15, -0.1) is 0 Å². The predicted octanol–water partition coefficient (Wildman–Crippen LogP) is 4.75. The molecule has 0 N–H and O–H groups in total. The number of nitrogens with zero attached hydrogens (tertiary/aromatic N) is 2. The second kappa shape index (κ2) is 9.25. The number of hydrogen-bond acceptors (Lipinski definition) is 5. The number of anilines is 1. The van der Waals surface area contributed by atoms with E-state index in [4.69, 9.17) is 9.47 Å². The number of benzene rings is 1. The van der Waals surface area contributed by atoms with Crippen molar-refractivity contribution in [2.24, 2.45) is 0 Å². The van der Waals surface area contributed by atoms with Crippen LogP contribution in [0.15, 0.2) is 36.5 Å². The van der Waals surface area contributed by atoms with Gasteiger partial charge in [0.15, 0.2) is 11.6 Å². The minimum Gasteiger partial charge on any atom is -0.489 e. The van der Waals surface area contributed by atoms with E-state index in [1.54, 1.807) is 13.1 Å². The maximum absolute atomic E-state index is 14.5. The summed E-state index contributed by atoms with van der Waals surface area (Å²) in [7, 11) is 0.